The molecule has 1 heterocycles. The Balaban J connectivity index is 1.74. The fraction of sp³-hybridized carbons (Fsp3) is 0.462. The molecule has 0 unspecified atom stereocenters. The zero-order chi connectivity index (χ0) is 13.1. The minimum absolute atomic E-state index is 0.322. The Morgan fingerprint density at radius 2 is 1.84 bits per heavy atom. The Labute approximate surface area is 117 Å². The third-order valence-electron chi connectivity index (χ3n) is 3.46. The number of tetrazole rings is 1. The van der Waals surface area contributed by atoms with E-state index in [4.69, 9.17) is 11.6 Å². The van der Waals surface area contributed by atoms with E-state index in [9.17, 15) is 0 Å². The van der Waals surface area contributed by atoms with Crippen molar-refractivity contribution < 1.29 is 0 Å². The predicted octanol–water partition coefficient (Wildman–Crippen LogP) is 2.62. The van der Waals surface area contributed by atoms with Crippen molar-refractivity contribution in [2.75, 3.05) is 5.32 Å². The largest absolute Gasteiger partial charge is 0.350 e. The topological polar surface area (TPSA) is 55.6 Å². The van der Waals surface area contributed by atoms with Crippen LogP contribution in [0.15, 0.2) is 30.3 Å². The number of hydrogen-bond donors (Lipinski definition) is 1. The smallest absolute Gasteiger partial charge is 0.247 e. The van der Waals surface area contributed by atoms with E-state index in [2.05, 4.69) is 20.8 Å². The van der Waals surface area contributed by atoms with Gasteiger partial charge in [-0.25, -0.2) is 0 Å². The van der Waals surface area contributed by atoms with Crippen molar-refractivity contribution in [3.63, 3.8) is 0 Å². The van der Waals surface area contributed by atoms with Crippen LogP contribution in [-0.2, 0) is 0 Å². The Morgan fingerprint density at radius 1 is 1.11 bits per heavy atom. The van der Waals surface area contributed by atoms with Gasteiger partial charge in [0.1, 0.15) is 0 Å². The first kappa shape index (κ1) is 12.4. The van der Waals surface area contributed by atoms with Crippen molar-refractivity contribution in [1.82, 2.24) is 20.2 Å². The molecule has 0 bridgehead atoms. The molecular weight excluding hydrogens is 262 g/mol. The third kappa shape index (κ3) is 2.87. The zero-order valence-corrected chi connectivity index (χ0v) is 11.3. The Hall–Kier alpha value is -1.62. The summed E-state index contributed by atoms with van der Waals surface area (Å²) in [5.41, 5.74) is 0.959. The number of rotatable bonds is 3. The van der Waals surface area contributed by atoms with Crippen LogP contribution in [0.1, 0.15) is 25.7 Å². The summed E-state index contributed by atoms with van der Waals surface area (Å²) in [7, 11) is 0. The highest BCUT2D eigenvalue weighted by Gasteiger charge is 2.21. The summed E-state index contributed by atoms with van der Waals surface area (Å²) >= 11 is 6.12. The van der Waals surface area contributed by atoms with E-state index in [1.165, 1.54) is 0 Å². The third-order valence-corrected chi connectivity index (χ3v) is 3.90. The van der Waals surface area contributed by atoms with Gasteiger partial charge in [-0.2, -0.15) is 4.68 Å². The first-order valence-electron chi connectivity index (χ1n) is 6.57. The molecule has 1 saturated carbocycles. The van der Waals surface area contributed by atoms with Gasteiger partial charge in [0.15, 0.2) is 0 Å². The highest BCUT2D eigenvalue weighted by Crippen LogP contribution is 2.25. The van der Waals surface area contributed by atoms with Crippen LogP contribution in [0.25, 0.3) is 5.69 Å². The molecule has 0 amide bonds. The lowest BCUT2D eigenvalue weighted by molar-refractivity contribution is 0.465. The molecule has 0 spiro atoms. The molecule has 1 aliphatic rings. The van der Waals surface area contributed by atoms with E-state index in [0.717, 1.165) is 31.4 Å². The Morgan fingerprint density at radius 3 is 2.58 bits per heavy atom. The molecular formula is C13H16ClN5. The fourth-order valence-corrected chi connectivity index (χ4v) is 2.65. The molecule has 1 aromatic heterocycles. The van der Waals surface area contributed by atoms with Gasteiger partial charge in [0.2, 0.25) is 5.95 Å². The molecule has 1 fully saturated rings. The van der Waals surface area contributed by atoms with Crippen molar-refractivity contribution >= 4 is 17.5 Å². The molecule has 0 saturated heterocycles. The molecule has 1 N–H and O–H groups in total. The normalized spacial score (nSPS) is 23.2. The van der Waals surface area contributed by atoms with Crippen LogP contribution in [0.3, 0.4) is 0 Å². The number of benzene rings is 1. The number of nitrogens with zero attached hydrogens (tertiary/aromatic N) is 4. The fourth-order valence-electron chi connectivity index (χ4n) is 2.40. The van der Waals surface area contributed by atoms with E-state index < -0.39 is 0 Å². The number of anilines is 1. The number of alkyl halides is 1. The van der Waals surface area contributed by atoms with Crippen molar-refractivity contribution in [2.45, 2.75) is 37.1 Å². The summed E-state index contributed by atoms with van der Waals surface area (Å²) in [4.78, 5) is 0. The second-order valence-corrected chi connectivity index (χ2v) is 5.46. The minimum Gasteiger partial charge on any atom is -0.350 e. The van der Waals surface area contributed by atoms with Crippen LogP contribution in [0.2, 0.25) is 0 Å². The summed E-state index contributed by atoms with van der Waals surface area (Å²) in [6.07, 6.45) is 4.23. The molecule has 100 valence electrons. The molecule has 1 aliphatic carbocycles. The average Bonchev–Trinajstić information content (AvgIpc) is 2.90. The number of aromatic nitrogens is 4. The first-order chi connectivity index (χ1) is 9.33. The Bertz CT molecular complexity index is 519. The van der Waals surface area contributed by atoms with E-state index in [0.29, 0.717) is 17.4 Å². The van der Waals surface area contributed by atoms with Crippen molar-refractivity contribution in [3.8, 4) is 5.69 Å². The van der Waals surface area contributed by atoms with Gasteiger partial charge >= 0.3 is 0 Å². The molecule has 6 heteroatoms. The SMILES string of the molecule is ClC1CCC(Nc2nnnn2-c2ccccc2)CC1. The number of para-hydroxylation sites is 1. The summed E-state index contributed by atoms with van der Waals surface area (Å²) in [6, 6.07) is 10.3. The van der Waals surface area contributed by atoms with Gasteiger partial charge in [-0.1, -0.05) is 23.3 Å². The van der Waals surface area contributed by atoms with Crippen LogP contribution in [0.4, 0.5) is 5.95 Å². The van der Waals surface area contributed by atoms with Gasteiger partial charge in [-0.05, 0) is 48.2 Å². The molecule has 19 heavy (non-hydrogen) atoms. The number of halogens is 1. The molecule has 0 atom stereocenters. The van der Waals surface area contributed by atoms with E-state index in [1.807, 2.05) is 30.3 Å². The van der Waals surface area contributed by atoms with Gasteiger partial charge in [-0.15, -0.1) is 11.6 Å². The second kappa shape index (κ2) is 5.57. The minimum atomic E-state index is 0.322. The number of hydrogen-bond acceptors (Lipinski definition) is 4. The van der Waals surface area contributed by atoms with E-state index in [-0.39, 0.29) is 0 Å². The summed E-state index contributed by atoms with van der Waals surface area (Å²) in [5.74, 6) is 0.698. The van der Waals surface area contributed by atoms with Crippen molar-refractivity contribution in [3.05, 3.63) is 30.3 Å². The van der Waals surface area contributed by atoms with Crippen molar-refractivity contribution in [1.29, 1.82) is 0 Å². The number of nitrogens with one attached hydrogen (secondary N) is 1. The van der Waals surface area contributed by atoms with Gasteiger partial charge in [0, 0.05) is 11.4 Å². The van der Waals surface area contributed by atoms with Crippen LogP contribution < -0.4 is 5.32 Å². The van der Waals surface area contributed by atoms with Crippen LogP contribution in [0.5, 0.6) is 0 Å². The van der Waals surface area contributed by atoms with Gasteiger partial charge in [0.25, 0.3) is 0 Å². The quantitative estimate of drug-likeness (QED) is 0.877. The lowest BCUT2D eigenvalue weighted by Crippen LogP contribution is -2.27. The van der Waals surface area contributed by atoms with Gasteiger partial charge in [-0.3, -0.25) is 0 Å². The molecule has 1 aromatic carbocycles. The van der Waals surface area contributed by atoms with Crippen LogP contribution in [0, 0.1) is 0 Å². The lowest BCUT2D eigenvalue weighted by Gasteiger charge is -2.25. The summed E-state index contributed by atoms with van der Waals surface area (Å²) in [5, 5.41) is 15.6. The molecule has 0 aliphatic heterocycles. The predicted molar refractivity (Wildman–Crippen MR) is 74.7 cm³/mol. The highest BCUT2D eigenvalue weighted by atomic mass is 35.5. The molecule has 5 nitrogen and oxygen atoms in total. The lowest BCUT2D eigenvalue weighted by atomic mass is 9.95. The van der Waals surface area contributed by atoms with Gasteiger partial charge in [0.05, 0.1) is 5.69 Å². The first-order valence-corrected chi connectivity index (χ1v) is 7.01. The van der Waals surface area contributed by atoms with E-state index in [1.54, 1.807) is 4.68 Å². The maximum absolute atomic E-state index is 6.12. The molecule has 2 aromatic rings. The summed E-state index contributed by atoms with van der Waals surface area (Å²) < 4.78 is 1.73. The molecule has 0 radical (unpaired) electrons. The standard InChI is InChI=1S/C13H16ClN5/c14-10-6-8-11(9-7-10)15-13-16-17-18-19(13)12-4-2-1-3-5-12/h1-5,10-11H,6-9H2,(H,15,16,18). The maximum Gasteiger partial charge on any atom is 0.247 e. The zero-order valence-electron chi connectivity index (χ0n) is 10.5. The maximum atomic E-state index is 6.12. The highest BCUT2D eigenvalue weighted by molar-refractivity contribution is 6.20. The van der Waals surface area contributed by atoms with Crippen LogP contribution >= 0.6 is 11.6 Å². The summed E-state index contributed by atoms with van der Waals surface area (Å²) in [6.45, 7) is 0. The monoisotopic (exact) mass is 277 g/mol. The molecule has 3 rings (SSSR count). The average molecular weight is 278 g/mol. The van der Waals surface area contributed by atoms with Crippen molar-refractivity contribution in [2.24, 2.45) is 0 Å². The van der Waals surface area contributed by atoms with Crippen LogP contribution in [-0.4, -0.2) is 31.6 Å². The second-order valence-electron chi connectivity index (χ2n) is 4.84. The van der Waals surface area contributed by atoms with E-state index >= 15 is 0 Å². The Kier molecular flexibility index (Phi) is 3.64. The van der Waals surface area contributed by atoms with Gasteiger partial charge < -0.3 is 5.32 Å².